The van der Waals surface area contributed by atoms with Gasteiger partial charge in [0.15, 0.2) is 6.61 Å². The van der Waals surface area contributed by atoms with Crippen molar-refractivity contribution in [3.05, 3.63) is 24.3 Å². The molecule has 2 aliphatic heterocycles. The molecule has 1 aromatic rings. The van der Waals surface area contributed by atoms with Crippen molar-refractivity contribution in [3.63, 3.8) is 0 Å². The molecule has 1 amide bonds. The molecule has 1 atom stereocenters. The molecule has 7 nitrogen and oxygen atoms in total. The maximum Gasteiger partial charge on any atom is 0.260 e. The maximum atomic E-state index is 12.6. The summed E-state index contributed by atoms with van der Waals surface area (Å²) < 4.78 is 37.3. The molecule has 2 heterocycles. The number of morpholine rings is 1. The van der Waals surface area contributed by atoms with Crippen LogP contribution < -0.4 is 4.74 Å². The first-order valence-corrected chi connectivity index (χ1v) is 10.5. The second kappa shape index (κ2) is 8.37. The fourth-order valence-electron chi connectivity index (χ4n) is 3.34. The maximum absolute atomic E-state index is 12.6. The van der Waals surface area contributed by atoms with Gasteiger partial charge in [0.2, 0.25) is 10.0 Å². The minimum absolute atomic E-state index is 0.0257. The minimum Gasteiger partial charge on any atom is -0.484 e. The van der Waals surface area contributed by atoms with E-state index in [4.69, 9.17) is 9.47 Å². The van der Waals surface area contributed by atoms with Crippen LogP contribution in [0.2, 0.25) is 0 Å². The Kier molecular flexibility index (Phi) is 6.16. The SMILES string of the molecule is C[C@H]1CCCCN1C(=O)COc1ccc(S(=O)(=O)N2CCOCC2)cc1. The van der Waals surface area contributed by atoms with Crippen LogP contribution in [0.25, 0.3) is 0 Å². The molecule has 0 aliphatic carbocycles. The van der Waals surface area contributed by atoms with Crippen molar-refractivity contribution in [3.8, 4) is 5.75 Å². The summed E-state index contributed by atoms with van der Waals surface area (Å²) in [4.78, 5) is 14.4. The third-order valence-electron chi connectivity index (χ3n) is 4.92. The largest absolute Gasteiger partial charge is 0.484 e. The van der Waals surface area contributed by atoms with E-state index in [2.05, 4.69) is 6.92 Å². The molecule has 144 valence electrons. The standard InChI is InChI=1S/C18H26N2O5S/c1-15-4-2-3-9-20(15)18(21)14-25-16-5-7-17(8-6-16)26(22,23)19-10-12-24-13-11-19/h5-8,15H,2-4,9-14H2,1H3/t15-/m0/s1. The van der Waals surface area contributed by atoms with Gasteiger partial charge in [-0.05, 0) is 50.5 Å². The van der Waals surface area contributed by atoms with Crippen molar-refractivity contribution in [2.45, 2.75) is 37.1 Å². The van der Waals surface area contributed by atoms with Crippen LogP contribution in [-0.2, 0) is 19.6 Å². The van der Waals surface area contributed by atoms with E-state index in [-0.39, 0.29) is 23.5 Å². The summed E-state index contributed by atoms with van der Waals surface area (Å²) in [6.45, 7) is 4.36. The zero-order chi connectivity index (χ0) is 18.6. The Morgan fingerprint density at radius 1 is 1.15 bits per heavy atom. The summed E-state index contributed by atoms with van der Waals surface area (Å²) >= 11 is 0. The van der Waals surface area contributed by atoms with Crippen LogP contribution in [0.5, 0.6) is 5.75 Å². The first-order chi connectivity index (χ1) is 12.5. The second-order valence-electron chi connectivity index (χ2n) is 6.71. The van der Waals surface area contributed by atoms with Gasteiger partial charge in [-0.1, -0.05) is 0 Å². The number of hydrogen-bond donors (Lipinski definition) is 0. The Bertz CT molecular complexity index is 714. The number of amides is 1. The van der Waals surface area contributed by atoms with Gasteiger partial charge >= 0.3 is 0 Å². The Morgan fingerprint density at radius 3 is 2.50 bits per heavy atom. The van der Waals surface area contributed by atoms with Gasteiger partial charge in [-0.25, -0.2) is 8.42 Å². The van der Waals surface area contributed by atoms with Crippen LogP contribution in [0.4, 0.5) is 0 Å². The summed E-state index contributed by atoms with van der Waals surface area (Å²) in [6.07, 6.45) is 3.22. The van der Waals surface area contributed by atoms with Gasteiger partial charge < -0.3 is 14.4 Å². The number of nitrogens with zero attached hydrogens (tertiary/aromatic N) is 2. The average Bonchev–Trinajstić information content (AvgIpc) is 2.67. The van der Waals surface area contributed by atoms with Crippen molar-refractivity contribution in [2.75, 3.05) is 39.5 Å². The van der Waals surface area contributed by atoms with Gasteiger partial charge in [0.25, 0.3) is 5.91 Å². The third-order valence-corrected chi connectivity index (χ3v) is 6.83. The Morgan fingerprint density at radius 2 is 1.85 bits per heavy atom. The fourth-order valence-corrected chi connectivity index (χ4v) is 4.75. The van der Waals surface area contributed by atoms with Gasteiger partial charge in [-0.3, -0.25) is 4.79 Å². The number of benzene rings is 1. The molecular weight excluding hydrogens is 356 g/mol. The minimum atomic E-state index is -3.51. The van der Waals surface area contributed by atoms with E-state index >= 15 is 0 Å². The van der Waals surface area contributed by atoms with Crippen LogP contribution in [0.1, 0.15) is 26.2 Å². The average molecular weight is 382 g/mol. The van der Waals surface area contributed by atoms with Crippen LogP contribution in [-0.4, -0.2) is 69.0 Å². The second-order valence-corrected chi connectivity index (χ2v) is 8.65. The molecule has 2 aliphatic rings. The topological polar surface area (TPSA) is 76.2 Å². The number of hydrogen-bond acceptors (Lipinski definition) is 5. The lowest BCUT2D eigenvalue weighted by Gasteiger charge is -2.33. The van der Waals surface area contributed by atoms with Crippen LogP contribution in [0.3, 0.4) is 0 Å². The van der Waals surface area contributed by atoms with Gasteiger partial charge in [-0.2, -0.15) is 4.31 Å². The molecule has 0 spiro atoms. The third kappa shape index (κ3) is 4.36. The van der Waals surface area contributed by atoms with Crippen LogP contribution in [0.15, 0.2) is 29.2 Å². The van der Waals surface area contributed by atoms with E-state index in [0.717, 1.165) is 25.8 Å². The first kappa shape index (κ1) is 19.1. The molecular formula is C18H26N2O5S. The zero-order valence-corrected chi connectivity index (χ0v) is 15.9. The van der Waals surface area contributed by atoms with Gasteiger partial charge in [0, 0.05) is 25.7 Å². The number of carbonyl (C=O) groups excluding carboxylic acids is 1. The summed E-state index contributed by atoms with van der Waals surface area (Å²) in [7, 11) is -3.51. The molecule has 0 saturated carbocycles. The predicted molar refractivity (Wildman–Crippen MR) is 96.5 cm³/mol. The number of likely N-dealkylation sites (tertiary alicyclic amines) is 1. The van der Waals surface area contributed by atoms with E-state index in [1.807, 2.05) is 4.90 Å². The highest BCUT2D eigenvalue weighted by Crippen LogP contribution is 2.21. The lowest BCUT2D eigenvalue weighted by atomic mass is 10.0. The fraction of sp³-hybridized carbons (Fsp3) is 0.611. The predicted octanol–water partition coefficient (Wildman–Crippen LogP) is 1.49. The van der Waals surface area contributed by atoms with E-state index in [9.17, 15) is 13.2 Å². The lowest BCUT2D eigenvalue weighted by Crippen LogP contribution is -2.44. The highest BCUT2D eigenvalue weighted by atomic mass is 32.2. The summed E-state index contributed by atoms with van der Waals surface area (Å²) in [5, 5.41) is 0. The quantitative estimate of drug-likeness (QED) is 0.771. The highest BCUT2D eigenvalue weighted by molar-refractivity contribution is 7.89. The normalized spacial score (nSPS) is 22.2. The van der Waals surface area contributed by atoms with Crippen LogP contribution >= 0.6 is 0 Å². The van der Waals surface area contributed by atoms with Gasteiger partial charge in [0.1, 0.15) is 5.75 Å². The Balaban J connectivity index is 1.58. The van der Waals surface area contributed by atoms with E-state index in [0.29, 0.717) is 32.1 Å². The molecule has 0 N–H and O–H groups in total. The van der Waals surface area contributed by atoms with Crippen LogP contribution in [0, 0.1) is 0 Å². The lowest BCUT2D eigenvalue weighted by molar-refractivity contribution is -0.136. The molecule has 0 bridgehead atoms. The van der Waals surface area contributed by atoms with E-state index in [1.165, 1.54) is 16.4 Å². The molecule has 2 fully saturated rings. The van der Waals surface area contributed by atoms with Crippen molar-refractivity contribution < 1.29 is 22.7 Å². The monoisotopic (exact) mass is 382 g/mol. The number of sulfonamides is 1. The first-order valence-electron chi connectivity index (χ1n) is 9.09. The smallest absolute Gasteiger partial charge is 0.260 e. The van der Waals surface area contributed by atoms with Crippen molar-refractivity contribution in [2.24, 2.45) is 0 Å². The summed E-state index contributed by atoms with van der Waals surface area (Å²) in [5.41, 5.74) is 0. The molecule has 3 rings (SSSR count). The number of ether oxygens (including phenoxy) is 2. The number of piperidine rings is 1. The van der Waals surface area contributed by atoms with Gasteiger partial charge in [-0.15, -0.1) is 0 Å². The number of carbonyl (C=O) groups is 1. The zero-order valence-electron chi connectivity index (χ0n) is 15.1. The highest BCUT2D eigenvalue weighted by Gasteiger charge is 2.26. The van der Waals surface area contributed by atoms with Crippen molar-refractivity contribution >= 4 is 15.9 Å². The Labute approximate surface area is 154 Å². The molecule has 0 aromatic heterocycles. The van der Waals surface area contributed by atoms with E-state index < -0.39 is 10.0 Å². The Hall–Kier alpha value is -1.64. The van der Waals surface area contributed by atoms with Gasteiger partial charge in [0.05, 0.1) is 18.1 Å². The van der Waals surface area contributed by atoms with Crippen molar-refractivity contribution in [1.29, 1.82) is 0 Å². The molecule has 0 unspecified atom stereocenters. The molecule has 8 heteroatoms. The summed E-state index contributed by atoms with van der Waals surface area (Å²) in [5.74, 6) is 0.464. The van der Waals surface area contributed by atoms with E-state index in [1.54, 1.807) is 12.1 Å². The van der Waals surface area contributed by atoms with Crippen molar-refractivity contribution in [1.82, 2.24) is 9.21 Å². The molecule has 2 saturated heterocycles. The summed E-state index contributed by atoms with van der Waals surface area (Å²) in [6, 6.07) is 6.49. The molecule has 0 radical (unpaired) electrons. The number of rotatable bonds is 5. The molecule has 1 aromatic carbocycles. The molecule has 26 heavy (non-hydrogen) atoms.